The van der Waals surface area contributed by atoms with E-state index in [-0.39, 0.29) is 0 Å². The summed E-state index contributed by atoms with van der Waals surface area (Å²) in [6.07, 6.45) is 0.954. The summed E-state index contributed by atoms with van der Waals surface area (Å²) in [6, 6.07) is 9.31. The molecular formula is C12H14O2. The summed E-state index contributed by atoms with van der Waals surface area (Å²) in [7, 11) is 0. The topological polar surface area (TPSA) is 26.3 Å². The average Bonchev–Trinajstić information content (AvgIpc) is 2.17. The molecule has 0 amide bonds. The molecule has 2 heteroatoms. The molecule has 0 saturated carbocycles. The molecule has 0 N–H and O–H groups in total. The molecule has 0 heterocycles. The third kappa shape index (κ3) is 3.44. The number of hydrogen-bond acceptors (Lipinski definition) is 2. The maximum absolute atomic E-state index is 10.7. The van der Waals surface area contributed by atoms with E-state index < -0.39 is 6.10 Å². The maximum atomic E-state index is 10.7. The summed E-state index contributed by atoms with van der Waals surface area (Å²) >= 11 is 0. The molecule has 0 aliphatic carbocycles. The van der Waals surface area contributed by atoms with E-state index in [1.54, 1.807) is 0 Å². The highest BCUT2D eigenvalue weighted by molar-refractivity contribution is 5.57. The molecular weight excluding hydrogens is 176 g/mol. The second-order valence-electron chi connectivity index (χ2n) is 3.27. The molecule has 1 aromatic rings. The van der Waals surface area contributed by atoms with Gasteiger partial charge in [-0.1, -0.05) is 30.4 Å². The molecule has 1 unspecified atom stereocenters. The van der Waals surface area contributed by atoms with E-state index in [4.69, 9.17) is 4.74 Å². The van der Waals surface area contributed by atoms with Crippen LogP contribution in [0.1, 0.15) is 13.3 Å². The van der Waals surface area contributed by atoms with Gasteiger partial charge in [0.2, 0.25) is 0 Å². The van der Waals surface area contributed by atoms with Gasteiger partial charge in [-0.05, 0) is 19.1 Å². The summed E-state index contributed by atoms with van der Waals surface area (Å²) in [5, 5.41) is 0. The minimum Gasteiger partial charge on any atom is -0.483 e. The molecule has 0 aliphatic rings. The predicted molar refractivity (Wildman–Crippen MR) is 56.4 cm³/mol. The molecule has 0 saturated heterocycles. The first kappa shape index (κ1) is 10.5. The molecule has 0 radical (unpaired) electrons. The van der Waals surface area contributed by atoms with Crippen LogP contribution in [0.15, 0.2) is 42.5 Å². The molecule has 74 valence electrons. The van der Waals surface area contributed by atoms with Crippen molar-refractivity contribution >= 4 is 6.29 Å². The van der Waals surface area contributed by atoms with Crippen molar-refractivity contribution in [2.45, 2.75) is 19.4 Å². The Hall–Kier alpha value is -1.57. The van der Waals surface area contributed by atoms with E-state index in [1.807, 2.05) is 37.3 Å². The van der Waals surface area contributed by atoms with E-state index >= 15 is 0 Å². The van der Waals surface area contributed by atoms with E-state index in [2.05, 4.69) is 6.58 Å². The number of rotatable bonds is 5. The molecule has 0 spiro atoms. The smallest absolute Gasteiger partial charge is 0.160 e. The van der Waals surface area contributed by atoms with Crippen LogP contribution < -0.4 is 4.74 Å². The van der Waals surface area contributed by atoms with Gasteiger partial charge >= 0.3 is 0 Å². The zero-order valence-corrected chi connectivity index (χ0v) is 8.27. The van der Waals surface area contributed by atoms with Crippen LogP contribution in [-0.4, -0.2) is 12.4 Å². The Bertz CT molecular complexity index is 303. The van der Waals surface area contributed by atoms with Crippen LogP contribution in [0, 0.1) is 0 Å². The SMILES string of the molecule is C=C(C)CC(C=O)Oc1ccccc1. The summed E-state index contributed by atoms with van der Waals surface area (Å²) in [5.74, 6) is 0.714. The normalized spacial score (nSPS) is 11.8. The van der Waals surface area contributed by atoms with Crippen LogP contribution in [0.25, 0.3) is 0 Å². The largest absolute Gasteiger partial charge is 0.483 e. The molecule has 1 atom stereocenters. The molecule has 0 fully saturated rings. The van der Waals surface area contributed by atoms with E-state index in [9.17, 15) is 4.79 Å². The van der Waals surface area contributed by atoms with Gasteiger partial charge in [-0.3, -0.25) is 4.79 Å². The van der Waals surface area contributed by atoms with Gasteiger partial charge in [0.15, 0.2) is 12.4 Å². The quantitative estimate of drug-likeness (QED) is 0.527. The first-order chi connectivity index (χ1) is 6.72. The van der Waals surface area contributed by atoms with Gasteiger partial charge in [0.25, 0.3) is 0 Å². The first-order valence-electron chi connectivity index (χ1n) is 4.53. The zero-order chi connectivity index (χ0) is 10.4. The summed E-state index contributed by atoms with van der Waals surface area (Å²) in [5.41, 5.74) is 0.943. The molecule has 0 aromatic heterocycles. The van der Waals surface area contributed by atoms with E-state index in [0.717, 1.165) is 11.9 Å². The number of para-hydroxylation sites is 1. The molecule has 1 rings (SSSR count). The minimum atomic E-state index is -0.421. The number of benzene rings is 1. The van der Waals surface area contributed by atoms with Crippen molar-refractivity contribution in [2.24, 2.45) is 0 Å². The van der Waals surface area contributed by atoms with Gasteiger partial charge in [0.05, 0.1) is 0 Å². The van der Waals surface area contributed by atoms with Crippen LogP contribution in [0.2, 0.25) is 0 Å². The van der Waals surface area contributed by atoms with Gasteiger partial charge in [-0.2, -0.15) is 0 Å². The van der Waals surface area contributed by atoms with Crippen molar-refractivity contribution in [2.75, 3.05) is 0 Å². The second-order valence-corrected chi connectivity index (χ2v) is 3.27. The zero-order valence-electron chi connectivity index (χ0n) is 8.27. The van der Waals surface area contributed by atoms with Crippen molar-refractivity contribution in [1.82, 2.24) is 0 Å². The Morgan fingerprint density at radius 3 is 2.64 bits per heavy atom. The summed E-state index contributed by atoms with van der Waals surface area (Å²) in [4.78, 5) is 10.7. The number of hydrogen-bond donors (Lipinski definition) is 0. The third-order valence-corrected chi connectivity index (χ3v) is 1.73. The Balaban J connectivity index is 2.57. The van der Waals surface area contributed by atoms with Gasteiger partial charge in [0.1, 0.15) is 5.75 Å². The fourth-order valence-corrected chi connectivity index (χ4v) is 1.13. The average molecular weight is 190 g/mol. The Kier molecular flexibility index (Phi) is 3.92. The lowest BCUT2D eigenvalue weighted by atomic mass is 10.1. The van der Waals surface area contributed by atoms with Gasteiger partial charge in [0, 0.05) is 6.42 Å². The second kappa shape index (κ2) is 5.22. The van der Waals surface area contributed by atoms with E-state index in [1.165, 1.54) is 0 Å². The number of carbonyl (C=O) groups excluding carboxylic acids is 1. The number of ether oxygens (including phenoxy) is 1. The fraction of sp³-hybridized carbons (Fsp3) is 0.250. The highest BCUT2D eigenvalue weighted by Gasteiger charge is 2.08. The standard InChI is InChI=1S/C12H14O2/c1-10(2)8-12(9-13)14-11-6-4-3-5-7-11/h3-7,9,12H,1,8H2,2H3. The van der Waals surface area contributed by atoms with Crippen LogP contribution in [0.5, 0.6) is 5.75 Å². The van der Waals surface area contributed by atoms with Crippen LogP contribution in [-0.2, 0) is 4.79 Å². The maximum Gasteiger partial charge on any atom is 0.160 e. The fourth-order valence-electron chi connectivity index (χ4n) is 1.13. The molecule has 2 nitrogen and oxygen atoms in total. The lowest BCUT2D eigenvalue weighted by Crippen LogP contribution is -2.18. The monoisotopic (exact) mass is 190 g/mol. The highest BCUT2D eigenvalue weighted by Crippen LogP contribution is 2.13. The van der Waals surface area contributed by atoms with Gasteiger partial charge in [-0.25, -0.2) is 0 Å². The number of aldehydes is 1. The molecule has 0 bridgehead atoms. The van der Waals surface area contributed by atoms with Crippen LogP contribution in [0.3, 0.4) is 0 Å². The van der Waals surface area contributed by atoms with Crippen molar-refractivity contribution in [3.8, 4) is 5.75 Å². The third-order valence-electron chi connectivity index (χ3n) is 1.73. The highest BCUT2D eigenvalue weighted by atomic mass is 16.5. The summed E-state index contributed by atoms with van der Waals surface area (Å²) < 4.78 is 5.45. The van der Waals surface area contributed by atoms with Crippen LogP contribution >= 0.6 is 0 Å². The van der Waals surface area contributed by atoms with Crippen molar-refractivity contribution in [3.05, 3.63) is 42.5 Å². The lowest BCUT2D eigenvalue weighted by Gasteiger charge is -2.12. The lowest BCUT2D eigenvalue weighted by molar-refractivity contribution is -0.113. The first-order valence-corrected chi connectivity index (χ1v) is 4.53. The van der Waals surface area contributed by atoms with E-state index in [0.29, 0.717) is 12.2 Å². The summed E-state index contributed by atoms with van der Waals surface area (Å²) in [6.45, 7) is 5.63. The van der Waals surface area contributed by atoms with Crippen molar-refractivity contribution in [1.29, 1.82) is 0 Å². The minimum absolute atomic E-state index is 0.421. The Labute approximate surface area is 84.2 Å². The molecule has 0 aliphatic heterocycles. The van der Waals surface area contributed by atoms with Gasteiger partial charge in [-0.15, -0.1) is 0 Å². The predicted octanol–water partition coefficient (Wildman–Crippen LogP) is 2.60. The Morgan fingerprint density at radius 2 is 2.14 bits per heavy atom. The van der Waals surface area contributed by atoms with Crippen LogP contribution in [0.4, 0.5) is 0 Å². The molecule has 1 aromatic carbocycles. The van der Waals surface area contributed by atoms with Gasteiger partial charge < -0.3 is 4.74 Å². The Morgan fingerprint density at radius 1 is 1.50 bits per heavy atom. The van der Waals surface area contributed by atoms with Crippen molar-refractivity contribution in [3.63, 3.8) is 0 Å². The number of carbonyl (C=O) groups is 1. The molecule has 14 heavy (non-hydrogen) atoms. The van der Waals surface area contributed by atoms with Crippen molar-refractivity contribution < 1.29 is 9.53 Å².